The molecule has 35 heavy (non-hydrogen) atoms. The van der Waals surface area contributed by atoms with Crippen LogP contribution in [-0.2, 0) is 28.7 Å². The predicted molar refractivity (Wildman–Crippen MR) is 133 cm³/mol. The predicted octanol–water partition coefficient (Wildman–Crippen LogP) is 5.39. The van der Waals surface area contributed by atoms with E-state index in [9.17, 15) is 23.6 Å². The molecular formula is C25H29ClFNO6S. The number of imide groups is 1. The molecule has 0 unspecified atom stereocenters. The summed E-state index contributed by atoms with van der Waals surface area (Å²) in [6.45, 7) is 6.88. The van der Waals surface area contributed by atoms with E-state index >= 15 is 0 Å². The second-order valence-electron chi connectivity index (χ2n) is 7.81. The topological polar surface area (TPSA) is 90.0 Å². The third-order valence-corrected chi connectivity index (χ3v) is 6.62. The Morgan fingerprint density at radius 2 is 1.86 bits per heavy atom. The summed E-state index contributed by atoms with van der Waals surface area (Å²) >= 11 is 7.17. The Hall–Kier alpha value is -2.65. The molecule has 0 atom stereocenters. The highest BCUT2D eigenvalue weighted by atomic mass is 35.5. The molecule has 0 spiro atoms. The fourth-order valence-electron chi connectivity index (χ4n) is 3.45. The second kappa shape index (κ2) is 14.0. The maximum absolute atomic E-state index is 14.9. The molecule has 10 heteroatoms. The number of nitrogens with zero attached hydrogens (tertiary/aromatic N) is 1. The lowest BCUT2D eigenvalue weighted by Gasteiger charge is -2.25. The van der Waals surface area contributed by atoms with E-state index in [4.69, 9.17) is 21.1 Å². The van der Waals surface area contributed by atoms with Crippen LogP contribution in [0.4, 0.5) is 10.1 Å². The zero-order valence-electron chi connectivity index (χ0n) is 19.9. The van der Waals surface area contributed by atoms with Gasteiger partial charge in [0.15, 0.2) is 0 Å². The first kappa shape index (κ1) is 28.6. The smallest absolute Gasteiger partial charge is 0.334 e. The van der Waals surface area contributed by atoms with E-state index in [0.29, 0.717) is 35.7 Å². The summed E-state index contributed by atoms with van der Waals surface area (Å²) in [6, 6.07) is 2.24. The standard InChI is InChI=1S/C25H29ClFNO6S/c1-4-6-12-33-23(30)15-35-22-14-21(20(27)13-19(22)26)28(16(3)29)24(31)17-9-7-8-10-18(17)25(32)34-11-5-2/h5,13-14H,2,4,6-12,15H2,1,3H3. The molecule has 0 saturated carbocycles. The summed E-state index contributed by atoms with van der Waals surface area (Å²) in [4.78, 5) is 51.4. The van der Waals surface area contributed by atoms with Crippen molar-refractivity contribution in [2.24, 2.45) is 0 Å². The highest BCUT2D eigenvalue weighted by molar-refractivity contribution is 8.00. The minimum atomic E-state index is -0.888. The van der Waals surface area contributed by atoms with E-state index < -0.39 is 29.6 Å². The number of thioether (sulfide) groups is 1. The molecule has 0 fully saturated rings. The zero-order chi connectivity index (χ0) is 26.0. The molecule has 2 rings (SSSR count). The van der Waals surface area contributed by atoms with Crippen LogP contribution in [0.3, 0.4) is 0 Å². The third kappa shape index (κ3) is 7.93. The number of amides is 2. The minimum absolute atomic E-state index is 0.0203. The molecule has 0 saturated heterocycles. The van der Waals surface area contributed by atoms with Crippen LogP contribution in [-0.4, -0.2) is 42.7 Å². The third-order valence-electron chi connectivity index (χ3n) is 5.17. The summed E-state index contributed by atoms with van der Waals surface area (Å²) in [5, 5.41) is 0.0270. The van der Waals surface area contributed by atoms with Gasteiger partial charge in [-0.1, -0.05) is 37.6 Å². The van der Waals surface area contributed by atoms with Crippen LogP contribution in [0, 0.1) is 5.82 Å². The lowest BCUT2D eigenvalue weighted by atomic mass is 9.90. The number of anilines is 1. The molecule has 1 aliphatic rings. The van der Waals surface area contributed by atoms with Crippen molar-refractivity contribution in [2.45, 2.75) is 57.3 Å². The number of carbonyl (C=O) groups is 4. The molecule has 2 amide bonds. The molecular weight excluding hydrogens is 497 g/mol. The van der Waals surface area contributed by atoms with Gasteiger partial charge < -0.3 is 9.47 Å². The number of ether oxygens (including phenoxy) is 2. The molecule has 190 valence electrons. The molecule has 0 radical (unpaired) electrons. The van der Waals surface area contributed by atoms with Gasteiger partial charge in [0.05, 0.1) is 23.1 Å². The van der Waals surface area contributed by atoms with Gasteiger partial charge in [0.2, 0.25) is 5.91 Å². The SMILES string of the molecule is C=CCOC(=O)C1=C(C(=O)N(C(C)=O)c2cc(SCC(=O)OCCCC)c(Cl)cc2F)CCCC1. The van der Waals surface area contributed by atoms with Crippen molar-refractivity contribution in [3.63, 3.8) is 0 Å². The molecule has 0 aromatic heterocycles. The van der Waals surface area contributed by atoms with Crippen LogP contribution in [0.5, 0.6) is 0 Å². The number of carbonyl (C=O) groups excluding carboxylic acids is 4. The van der Waals surface area contributed by atoms with Crippen molar-refractivity contribution in [1.82, 2.24) is 0 Å². The van der Waals surface area contributed by atoms with Gasteiger partial charge in [0, 0.05) is 23.0 Å². The number of hydrogen-bond acceptors (Lipinski definition) is 7. The van der Waals surface area contributed by atoms with Gasteiger partial charge in [-0.2, -0.15) is 0 Å². The summed E-state index contributed by atoms with van der Waals surface area (Å²) < 4.78 is 25.2. The van der Waals surface area contributed by atoms with Gasteiger partial charge in [-0.05, 0) is 44.2 Å². The van der Waals surface area contributed by atoms with Crippen molar-refractivity contribution >= 4 is 52.8 Å². The minimum Gasteiger partial charge on any atom is -0.465 e. The average molecular weight is 526 g/mol. The van der Waals surface area contributed by atoms with Gasteiger partial charge in [-0.3, -0.25) is 14.4 Å². The Morgan fingerprint density at radius 1 is 1.17 bits per heavy atom. The van der Waals surface area contributed by atoms with Crippen LogP contribution in [0.1, 0.15) is 52.4 Å². The zero-order valence-corrected chi connectivity index (χ0v) is 21.4. The number of hydrogen-bond donors (Lipinski definition) is 0. The number of rotatable bonds is 11. The molecule has 0 aliphatic heterocycles. The Labute approximate surface area is 213 Å². The van der Waals surface area contributed by atoms with Crippen LogP contribution in [0.15, 0.2) is 40.8 Å². The molecule has 0 heterocycles. The van der Waals surface area contributed by atoms with Gasteiger partial charge >= 0.3 is 11.9 Å². The maximum atomic E-state index is 14.9. The molecule has 7 nitrogen and oxygen atoms in total. The lowest BCUT2D eigenvalue weighted by molar-refractivity contribution is -0.140. The lowest BCUT2D eigenvalue weighted by Crippen LogP contribution is -2.38. The first-order valence-corrected chi connectivity index (χ1v) is 12.7. The van der Waals surface area contributed by atoms with Crippen molar-refractivity contribution < 1.29 is 33.0 Å². The summed E-state index contributed by atoms with van der Waals surface area (Å²) in [5.41, 5.74) is -0.0256. The van der Waals surface area contributed by atoms with Crippen molar-refractivity contribution in [2.75, 3.05) is 23.9 Å². The van der Waals surface area contributed by atoms with E-state index in [1.165, 1.54) is 12.1 Å². The van der Waals surface area contributed by atoms with Gasteiger partial charge in [-0.25, -0.2) is 14.1 Å². The highest BCUT2D eigenvalue weighted by Gasteiger charge is 2.32. The number of unbranched alkanes of at least 4 members (excludes halogenated alkanes) is 1. The number of halogens is 2. The largest absolute Gasteiger partial charge is 0.465 e. The van der Waals surface area contributed by atoms with E-state index in [-0.39, 0.29) is 40.6 Å². The van der Waals surface area contributed by atoms with Gasteiger partial charge in [-0.15, -0.1) is 11.8 Å². The molecule has 1 aromatic carbocycles. The van der Waals surface area contributed by atoms with E-state index in [1.54, 1.807) is 0 Å². The summed E-state index contributed by atoms with van der Waals surface area (Å²) in [7, 11) is 0. The Balaban J connectivity index is 2.37. The van der Waals surface area contributed by atoms with E-state index in [2.05, 4.69) is 6.58 Å². The fourth-order valence-corrected chi connectivity index (χ4v) is 4.52. The van der Waals surface area contributed by atoms with Crippen LogP contribution in [0.25, 0.3) is 0 Å². The Bertz CT molecular complexity index is 1030. The van der Waals surface area contributed by atoms with Gasteiger partial charge in [0.25, 0.3) is 5.91 Å². The first-order chi connectivity index (χ1) is 16.7. The highest BCUT2D eigenvalue weighted by Crippen LogP contribution is 2.36. The average Bonchev–Trinajstić information content (AvgIpc) is 2.83. The van der Waals surface area contributed by atoms with E-state index in [0.717, 1.165) is 37.6 Å². The quantitative estimate of drug-likeness (QED) is 0.165. The van der Waals surface area contributed by atoms with Crippen molar-refractivity contribution in [1.29, 1.82) is 0 Å². The monoisotopic (exact) mass is 525 g/mol. The summed E-state index contributed by atoms with van der Waals surface area (Å²) in [6.07, 6.45) is 4.91. The van der Waals surface area contributed by atoms with Crippen molar-refractivity contribution in [3.05, 3.63) is 46.8 Å². The molecule has 1 aliphatic carbocycles. The fraction of sp³-hybridized carbons (Fsp3) is 0.440. The Kier molecular flexibility index (Phi) is 11.5. The summed E-state index contributed by atoms with van der Waals surface area (Å²) in [5.74, 6) is -3.61. The maximum Gasteiger partial charge on any atom is 0.334 e. The normalized spacial score (nSPS) is 13.3. The van der Waals surface area contributed by atoms with Crippen LogP contribution in [0.2, 0.25) is 5.02 Å². The van der Waals surface area contributed by atoms with Gasteiger partial charge in [0.1, 0.15) is 12.4 Å². The molecule has 0 N–H and O–H groups in total. The Morgan fingerprint density at radius 3 is 2.49 bits per heavy atom. The molecule has 1 aromatic rings. The van der Waals surface area contributed by atoms with Crippen molar-refractivity contribution in [3.8, 4) is 0 Å². The van der Waals surface area contributed by atoms with Crippen LogP contribution >= 0.6 is 23.4 Å². The first-order valence-electron chi connectivity index (χ1n) is 11.3. The van der Waals surface area contributed by atoms with E-state index in [1.807, 2.05) is 6.92 Å². The molecule has 0 bridgehead atoms. The second-order valence-corrected chi connectivity index (χ2v) is 9.23. The van der Waals surface area contributed by atoms with Crippen LogP contribution < -0.4 is 4.90 Å². The number of esters is 2. The number of benzene rings is 1.